The van der Waals surface area contributed by atoms with Crippen molar-refractivity contribution >= 4 is 11.6 Å². The maximum atomic E-state index is 13.7. The molecule has 0 amide bonds. The second kappa shape index (κ2) is 6.17. The Morgan fingerprint density at radius 2 is 2.06 bits per heavy atom. The lowest BCUT2D eigenvalue weighted by molar-refractivity contribution is 0.357. The van der Waals surface area contributed by atoms with Crippen LogP contribution in [0.2, 0.25) is 5.02 Å². The van der Waals surface area contributed by atoms with E-state index in [-0.39, 0.29) is 5.82 Å². The molecule has 1 aliphatic rings. The van der Waals surface area contributed by atoms with E-state index in [2.05, 4.69) is 11.4 Å². The molecule has 1 saturated carbocycles. The van der Waals surface area contributed by atoms with E-state index >= 15 is 0 Å². The van der Waals surface area contributed by atoms with Gasteiger partial charge in [-0.05, 0) is 31.0 Å². The molecule has 1 aliphatic carbocycles. The summed E-state index contributed by atoms with van der Waals surface area (Å²) in [4.78, 5) is 0. The Hall–Kier alpha value is -1.11. The lowest BCUT2D eigenvalue weighted by Gasteiger charge is -2.25. The van der Waals surface area contributed by atoms with Crippen molar-refractivity contribution in [2.45, 2.75) is 44.2 Å². The van der Waals surface area contributed by atoms with Crippen molar-refractivity contribution in [2.75, 3.05) is 0 Å². The molecule has 18 heavy (non-hydrogen) atoms. The van der Waals surface area contributed by atoms with Crippen LogP contribution in [-0.4, -0.2) is 6.04 Å². The number of halogens is 2. The molecular formula is C14H16ClFN2. The van der Waals surface area contributed by atoms with E-state index in [1.165, 1.54) is 37.5 Å². The fourth-order valence-electron chi connectivity index (χ4n) is 2.44. The van der Waals surface area contributed by atoms with Gasteiger partial charge in [-0.2, -0.15) is 5.26 Å². The zero-order chi connectivity index (χ0) is 13.0. The second-order valence-electron chi connectivity index (χ2n) is 4.73. The summed E-state index contributed by atoms with van der Waals surface area (Å²) in [6, 6.07) is 6.15. The zero-order valence-corrected chi connectivity index (χ0v) is 10.9. The number of benzene rings is 1. The first-order chi connectivity index (χ1) is 8.70. The summed E-state index contributed by atoms with van der Waals surface area (Å²) in [5.41, 5.74) is 0.343. The minimum Gasteiger partial charge on any atom is -0.295 e. The van der Waals surface area contributed by atoms with E-state index < -0.39 is 6.04 Å². The van der Waals surface area contributed by atoms with Gasteiger partial charge in [0.15, 0.2) is 0 Å². The average molecular weight is 267 g/mol. The van der Waals surface area contributed by atoms with Crippen molar-refractivity contribution < 1.29 is 4.39 Å². The molecular weight excluding hydrogens is 251 g/mol. The Kier molecular flexibility index (Phi) is 4.57. The van der Waals surface area contributed by atoms with Gasteiger partial charge in [-0.15, -0.1) is 0 Å². The van der Waals surface area contributed by atoms with Crippen LogP contribution < -0.4 is 5.32 Å². The van der Waals surface area contributed by atoms with E-state index in [0.717, 1.165) is 12.8 Å². The van der Waals surface area contributed by atoms with Crippen LogP contribution in [0.5, 0.6) is 0 Å². The van der Waals surface area contributed by atoms with Gasteiger partial charge in [-0.3, -0.25) is 5.32 Å². The Balaban J connectivity index is 2.12. The normalized spacial score (nSPS) is 18.3. The van der Waals surface area contributed by atoms with Gasteiger partial charge in [0.25, 0.3) is 0 Å². The van der Waals surface area contributed by atoms with Gasteiger partial charge < -0.3 is 0 Å². The van der Waals surface area contributed by atoms with Gasteiger partial charge >= 0.3 is 0 Å². The van der Waals surface area contributed by atoms with Crippen molar-refractivity contribution in [2.24, 2.45) is 0 Å². The monoisotopic (exact) mass is 266 g/mol. The first-order valence-electron chi connectivity index (χ1n) is 6.31. The maximum absolute atomic E-state index is 13.7. The van der Waals surface area contributed by atoms with Crippen molar-refractivity contribution in [1.82, 2.24) is 5.32 Å². The highest BCUT2D eigenvalue weighted by Gasteiger charge is 2.21. The highest BCUT2D eigenvalue weighted by atomic mass is 35.5. The number of hydrogen-bond donors (Lipinski definition) is 1. The quantitative estimate of drug-likeness (QED) is 0.899. The molecule has 2 nitrogen and oxygen atoms in total. The molecule has 0 heterocycles. The Labute approximate surface area is 112 Å². The first-order valence-corrected chi connectivity index (χ1v) is 6.69. The summed E-state index contributed by atoms with van der Waals surface area (Å²) < 4.78 is 13.7. The summed E-state index contributed by atoms with van der Waals surface area (Å²) in [5.74, 6) is -0.380. The molecule has 2 rings (SSSR count). The number of nitrogens with one attached hydrogen (secondary N) is 1. The van der Waals surface area contributed by atoms with Crippen LogP contribution in [0.3, 0.4) is 0 Å². The van der Waals surface area contributed by atoms with Gasteiger partial charge in [-0.1, -0.05) is 30.9 Å². The topological polar surface area (TPSA) is 35.8 Å². The predicted octanol–water partition coefficient (Wildman–Crippen LogP) is 3.97. The van der Waals surface area contributed by atoms with Gasteiger partial charge in [0.05, 0.1) is 6.07 Å². The summed E-state index contributed by atoms with van der Waals surface area (Å²) in [7, 11) is 0. The second-order valence-corrected chi connectivity index (χ2v) is 5.17. The zero-order valence-electron chi connectivity index (χ0n) is 10.1. The molecule has 1 fully saturated rings. The third-order valence-corrected chi connectivity index (χ3v) is 3.64. The van der Waals surface area contributed by atoms with Gasteiger partial charge in [-0.25, -0.2) is 4.39 Å². The average Bonchev–Trinajstić information content (AvgIpc) is 2.40. The summed E-state index contributed by atoms with van der Waals surface area (Å²) >= 11 is 5.86. The molecule has 0 saturated heterocycles. The highest BCUT2D eigenvalue weighted by Crippen LogP contribution is 2.24. The van der Waals surface area contributed by atoms with E-state index in [0.29, 0.717) is 16.6 Å². The fraction of sp³-hybridized carbons (Fsp3) is 0.500. The third-order valence-electron chi connectivity index (χ3n) is 3.41. The number of nitrogens with zero attached hydrogens (tertiary/aromatic N) is 1. The molecule has 0 spiro atoms. The Bertz CT molecular complexity index is 450. The fourth-order valence-corrected chi connectivity index (χ4v) is 2.62. The molecule has 1 aromatic rings. The molecule has 4 heteroatoms. The van der Waals surface area contributed by atoms with Gasteiger partial charge in [0.2, 0.25) is 0 Å². The number of rotatable bonds is 3. The summed E-state index contributed by atoms with van der Waals surface area (Å²) in [6.45, 7) is 0. The van der Waals surface area contributed by atoms with Crippen LogP contribution in [-0.2, 0) is 0 Å². The van der Waals surface area contributed by atoms with E-state index in [1.807, 2.05) is 0 Å². The smallest absolute Gasteiger partial charge is 0.129 e. The largest absolute Gasteiger partial charge is 0.295 e. The van der Waals surface area contributed by atoms with E-state index in [4.69, 9.17) is 11.6 Å². The molecule has 0 radical (unpaired) electrons. The van der Waals surface area contributed by atoms with Gasteiger partial charge in [0.1, 0.15) is 11.9 Å². The number of nitriles is 1. The molecule has 96 valence electrons. The number of hydrogen-bond acceptors (Lipinski definition) is 2. The molecule has 1 unspecified atom stereocenters. The van der Waals surface area contributed by atoms with E-state index in [9.17, 15) is 9.65 Å². The van der Waals surface area contributed by atoms with Crippen LogP contribution in [0.4, 0.5) is 4.39 Å². The van der Waals surface area contributed by atoms with Crippen LogP contribution >= 0.6 is 11.6 Å². The van der Waals surface area contributed by atoms with Crippen LogP contribution in [0, 0.1) is 17.1 Å². The summed E-state index contributed by atoms with van der Waals surface area (Å²) in [6.07, 6.45) is 5.71. The molecule has 1 N–H and O–H groups in total. The SMILES string of the molecule is N#CC(NC1CCCCC1)c1cc(Cl)ccc1F. The molecule has 0 bridgehead atoms. The molecule has 0 aromatic heterocycles. The van der Waals surface area contributed by atoms with Crippen molar-refractivity contribution in [1.29, 1.82) is 5.26 Å². The minimum atomic E-state index is -0.619. The first kappa shape index (κ1) is 13.3. The molecule has 1 atom stereocenters. The lowest BCUT2D eigenvalue weighted by atomic mass is 9.94. The van der Waals surface area contributed by atoms with Crippen molar-refractivity contribution in [3.63, 3.8) is 0 Å². The Morgan fingerprint density at radius 3 is 2.72 bits per heavy atom. The summed E-state index contributed by atoms with van der Waals surface area (Å²) in [5, 5.41) is 12.9. The van der Waals surface area contributed by atoms with E-state index in [1.54, 1.807) is 0 Å². The lowest BCUT2D eigenvalue weighted by Crippen LogP contribution is -2.34. The maximum Gasteiger partial charge on any atom is 0.129 e. The van der Waals surface area contributed by atoms with Crippen molar-refractivity contribution in [3.8, 4) is 6.07 Å². The minimum absolute atomic E-state index is 0.307. The standard InChI is InChI=1S/C14H16ClFN2/c15-10-6-7-13(16)12(8-10)14(9-17)18-11-4-2-1-3-5-11/h6-8,11,14,18H,1-5H2. The molecule has 0 aliphatic heterocycles. The van der Waals surface area contributed by atoms with Gasteiger partial charge in [0, 0.05) is 16.6 Å². The van der Waals surface area contributed by atoms with Crippen LogP contribution in [0.15, 0.2) is 18.2 Å². The third kappa shape index (κ3) is 3.22. The molecule has 1 aromatic carbocycles. The van der Waals surface area contributed by atoms with Crippen LogP contribution in [0.25, 0.3) is 0 Å². The Morgan fingerprint density at radius 1 is 1.33 bits per heavy atom. The highest BCUT2D eigenvalue weighted by molar-refractivity contribution is 6.30. The van der Waals surface area contributed by atoms with Crippen molar-refractivity contribution in [3.05, 3.63) is 34.6 Å². The predicted molar refractivity (Wildman–Crippen MR) is 69.8 cm³/mol. The van der Waals surface area contributed by atoms with Crippen LogP contribution in [0.1, 0.15) is 43.7 Å².